The van der Waals surface area contributed by atoms with Crippen LogP contribution < -0.4 is 3.32 Å². The molecule has 2 bridgehead atoms. The van der Waals surface area contributed by atoms with Crippen molar-refractivity contribution in [3.05, 3.63) is 104 Å². The van der Waals surface area contributed by atoms with Crippen LogP contribution in [0.5, 0.6) is 0 Å². The molecule has 3 aromatic rings. The molecule has 0 saturated carbocycles. The van der Waals surface area contributed by atoms with Crippen LogP contribution in [0.1, 0.15) is 53.5 Å². The van der Waals surface area contributed by atoms with Crippen LogP contribution >= 0.6 is 0 Å². The van der Waals surface area contributed by atoms with Gasteiger partial charge in [-0.15, -0.1) is 0 Å². The average Bonchev–Trinajstić information content (AvgIpc) is 3.58. The molecule has 3 aromatic carbocycles. The van der Waals surface area contributed by atoms with Crippen LogP contribution in [0.2, 0.25) is 4.18 Å². The second kappa shape index (κ2) is 13.9. The van der Waals surface area contributed by atoms with Crippen LogP contribution in [0.25, 0.3) is 5.57 Å². The zero-order chi connectivity index (χ0) is 33.0. The van der Waals surface area contributed by atoms with Crippen molar-refractivity contribution in [3.63, 3.8) is 0 Å². The minimum atomic E-state index is -2.13. The number of halogens is 1. The molecule has 47 heavy (non-hydrogen) atoms. The standard InChI is InChI=1S/C41H35FN3O.In/c1-7-24-40(11-5,32(6)34-16-13-12-14-17-34)45(27-9-3)39(10-4)44(26-8-2)28-15-25-41(36-19-21-37(42)22-20-36)38-23-18-33(30-43)29-35(38)31-46-41;/h2-6,12-14,16,18-23,29,39H,1,7,15,24-28,31H2;. The molecule has 0 N–H and O–H groups in total. The van der Waals surface area contributed by atoms with Crippen molar-refractivity contribution in [2.24, 2.45) is 0 Å². The third-order valence-electron chi connectivity index (χ3n) is 10.0. The van der Waals surface area contributed by atoms with Gasteiger partial charge in [-0.25, -0.2) is 4.39 Å². The van der Waals surface area contributed by atoms with Crippen LogP contribution in [-0.4, -0.2) is 62.6 Å². The fraction of sp³-hybridized carbons (Fsp3) is 0.293. The van der Waals surface area contributed by atoms with E-state index >= 15 is 0 Å². The maximum absolute atomic E-state index is 14.0. The fourth-order valence-electron chi connectivity index (χ4n) is 7.91. The SMILES string of the molecule is C#CCN(CCCC1(c2ccc(F)cc2)OCc2cc(C#N)ccc21)C(C#C)N(CC#C)C1(C#C)CC[CH2][In]2[CH]=C1c1cccc[c]12. The van der Waals surface area contributed by atoms with E-state index in [1.54, 1.807) is 18.2 Å². The molecule has 6 heteroatoms. The third kappa shape index (κ3) is 5.81. The first-order valence-corrected chi connectivity index (χ1v) is 21.9. The summed E-state index contributed by atoms with van der Waals surface area (Å²) >= 11 is -2.13. The summed E-state index contributed by atoms with van der Waals surface area (Å²) in [6.45, 7) is 1.49. The summed E-state index contributed by atoms with van der Waals surface area (Å²) in [6.07, 6.45) is 27.4. The van der Waals surface area contributed by atoms with Crippen LogP contribution in [0.15, 0.2) is 70.6 Å². The Balaban J connectivity index is 1.32. The number of rotatable bonds is 10. The molecule has 230 valence electrons. The number of fused-ring (bicyclic) bond motifs is 5. The monoisotopic (exact) mass is 719 g/mol. The van der Waals surface area contributed by atoms with Crippen LogP contribution in [0.3, 0.4) is 0 Å². The predicted octanol–water partition coefficient (Wildman–Crippen LogP) is 5.59. The number of nitrogens with zero attached hydrogens (tertiary/aromatic N) is 3. The molecule has 3 unspecified atom stereocenters. The summed E-state index contributed by atoms with van der Waals surface area (Å²) in [5.74, 6) is 11.6. The Morgan fingerprint density at radius 1 is 1.00 bits per heavy atom. The summed E-state index contributed by atoms with van der Waals surface area (Å²) < 4.78 is 25.8. The first-order chi connectivity index (χ1) is 22.9. The second-order valence-corrected chi connectivity index (χ2v) is 20.3. The van der Waals surface area contributed by atoms with E-state index < -0.39 is 38.7 Å². The Kier molecular flexibility index (Phi) is 9.67. The number of nitriles is 1. The molecule has 3 aliphatic rings. The predicted molar refractivity (Wildman–Crippen MR) is 186 cm³/mol. The van der Waals surface area contributed by atoms with E-state index in [4.69, 9.17) is 30.4 Å². The van der Waals surface area contributed by atoms with Gasteiger partial charge < -0.3 is 0 Å². The number of terminal acetylenes is 4. The Bertz CT molecular complexity index is 1920. The van der Waals surface area contributed by atoms with Crippen LogP contribution in [-0.2, 0) is 16.9 Å². The molecule has 0 aliphatic carbocycles. The summed E-state index contributed by atoms with van der Waals surface area (Å²) in [5, 5.41) is 9.49. The summed E-state index contributed by atoms with van der Waals surface area (Å²) in [5.41, 5.74) is 4.23. The normalized spacial score (nSPS) is 21.3. The fourth-order valence-corrected chi connectivity index (χ4v) is 17.0. The van der Waals surface area contributed by atoms with E-state index in [1.165, 1.54) is 30.8 Å². The Morgan fingerprint density at radius 3 is 2.51 bits per heavy atom. The minimum absolute atomic E-state index is 0.275. The summed E-state index contributed by atoms with van der Waals surface area (Å²) in [7, 11) is 0. The van der Waals surface area contributed by atoms with E-state index in [0.29, 0.717) is 38.1 Å². The molecule has 0 aromatic heterocycles. The van der Waals surface area contributed by atoms with Gasteiger partial charge in [0.2, 0.25) is 0 Å². The van der Waals surface area contributed by atoms with E-state index in [2.05, 4.69) is 67.6 Å². The molecule has 3 heterocycles. The molecule has 0 radical (unpaired) electrons. The van der Waals surface area contributed by atoms with Crippen LogP contribution in [0, 0.1) is 66.5 Å². The number of ether oxygens (including phenoxy) is 1. The third-order valence-corrected chi connectivity index (χ3v) is 18.8. The zero-order valence-electron chi connectivity index (χ0n) is 26.4. The molecule has 4 nitrogen and oxygen atoms in total. The Hall–Kier alpha value is -4.19. The van der Waals surface area contributed by atoms with Gasteiger partial charge in [-0.05, 0) is 24.3 Å². The second-order valence-electron chi connectivity index (χ2n) is 12.4. The van der Waals surface area contributed by atoms with Crippen molar-refractivity contribution in [2.45, 2.75) is 53.8 Å². The van der Waals surface area contributed by atoms with Crippen molar-refractivity contribution < 1.29 is 9.13 Å². The molecular weight excluding hydrogens is 684 g/mol. The first-order valence-electron chi connectivity index (χ1n) is 16.0. The Morgan fingerprint density at radius 2 is 1.79 bits per heavy atom. The van der Waals surface area contributed by atoms with Gasteiger partial charge >= 0.3 is 236 Å². The number of benzene rings is 3. The van der Waals surface area contributed by atoms with E-state index in [-0.39, 0.29) is 12.4 Å². The molecular formula is C41H35FInN3O. The quantitative estimate of drug-likeness (QED) is 0.203. The number of hydrogen-bond donors (Lipinski definition) is 0. The van der Waals surface area contributed by atoms with Gasteiger partial charge in [0.1, 0.15) is 5.82 Å². The van der Waals surface area contributed by atoms with Crippen molar-refractivity contribution in [2.75, 3.05) is 19.6 Å². The number of hydrogen-bond acceptors (Lipinski definition) is 4. The van der Waals surface area contributed by atoms with Gasteiger partial charge in [-0.3, -0.25) is 0 Å². The molecule has 6 rings (SSSR count). The van der Waals surface area contributed by atoms with E-state index in [9.17, 15) is 9.65 Å². The summed E-state index contributed by atoms with van der Waals surface area (Å²) in [4.78, 5) is 4.25. The van der Waals surface area contributed by atoms with Gasteiger partial charge in [0.15, 0.2) is 0 Å². The zero-order valence-corrected chi connectivity index (χ0v) is 29.7. The van der Waals surface area contributed by atoms with Crippen molar-refractivity contribution in [3.8, 4) is 55.4 Å². The van der Waals surface area contributed by atoms with Gasteiger partial charge in [0.25, 0.3) is 0 Å². The van der Waals surface area contributed by atoms with E-state index in [1.807, 2.05) is 12.1 Å². The topological polar surface area (TPSA) is 39.5 Å². The van der Waals surface area contributed by atoms with Crippen molar-refractivity contribution >= 4 is 30.3 Å². The van der Waals surface area contributed by atoms with Gasteiger partial charge in [0.05, 0.1) is 11.6 Å². The van der Waals surface area contributed by atoms with E-state index in [0.717, 1.165) is 29.5 Å². The molecule has 0 amide bonds. The molecule has 3 atom stereocenters. The average molecular weight is 720 g/mol. The molecule has 0 fully saturated rings. The molecule has 3 aliphatic heterocycles. The first kappa shape index (κ1) is 32.7. The maximum atomic E-state index is 14.0. The van der Waals surface area contributed by atoms with Crippen LogP contribution in [0.4, 0.5) is 4.39 Å². The van der Waals surface area contributed by atoms with Gasteiger partial charge in [-0.2, -0.15) is 5.26 Å². The Labute approximate surface area is 286 Å². The van der Waals surface area contributed by atoms with Gasteiger partial charge in [0, 0.05) is 0 Å². The van der Waals surface area contributed by atoms with Gasteiger partial charge in [-0.1, -0.05) is 0 Å². The van der Waals surface area contributed by atoms with Crippen molar-refractivity contribution in [1.82, 2.24) is 9.80 Å². The molecule has 0 spiro atoms. The molecule has 0 saturated heterocycles. The summed E-state index contributed by atoms with van der Waals surface area (Å²) in [6, 6.07) is 23.0. The van der Waals surface area contributed by atoms with Crippen molar-refractivity contribution in [1.29, 1.82) is 5.26 Å².